The van der Waals surface area contributed by atoms with Crippen molar-refractivity contribution in [2.24, 2.45) is 7.05 Å². The summed E-state index contributed by atoms with van der Waals surface area (Å²) in [4.78, 5) is 19.1. The number of hydrogen-bond acceptors (Lipinski definition) is 8. The van der Waals surface area contributed by atoms with Crippen molar-refractivity contribution in [3.63, 3.8) is 0 Å². The molecule has 5 rings (SSSR count). The third-order valence-corrected chi connectivity index (χ3v) is 6.03. The summed E-state index contributed by atoms with van der Waals surface area (Å²) in [6, 6.07) is 1.60. The minimum atomic E-state index is -3.06. The Labute approximate surface area is 205 Å². The molecule has 1 aliphatic rings. The Morgan fingerprint density at radius 1 is 1.31 bits per heavy atom. The molecule has 1 aliphatic carbocycles. The van der Waals surface area contributed by atoms with Crippen LogP contribution in [-0.4, -0.2) is 56.8 Å². The van der Waals surface area contributed by atoms with Gasteiger partial charge in [0.25, 0.3) is 5.92 Å². The van der Waals surface area contributed by atoms with E-state index in [1.165, 1.54) is 15.6 Å². The maximum absolute atomic E-state index is 14.0. The van der Waals surface area contributed by atoms with E-state index >= 15 is 0 Å². The highest BCUT2D eigenvalue weighted by Gasteiger charge is 2.62. The van der Waals surface area contributed by atoms with E-state index in [1.54, 1.807) is 20.0 Å². The summed E-state index contributed by atoms with van der Waals surface area (Å²) >= 11 is 12.0. The first kappa shape index (κ1) is 23.4. The number of halogens is 4. The predicted molar refractivity (Wildman–Crippen MR) is 119 cm³/mol. The quantitative estimate of drug-likeness (QED) is 0.146. The van der Waals surface area contributed by atoms with E-state index in [4.69, 9.17) is 27.9 Å². The van der Waals surface area contributed by atoms with Crippen LogP contribution < -0.4 is 4.74 Å². The molecule has 1 fully saturated rings. The van der Waals surface area contributed by atoms with Gasteiger partial charge in [-0.2, -0.15) is 15.2 Å². The Morgan fingerprint density at radius 2 is 2.06 bits per heavy atom. The van der Waals surface area contributed by atoms with Crippen molar-refractivity contribution < 1.29 is 18.4 Å². The van der Waals surface area contributed by atoms with E-state index in [0.29, 0.717) is 35.5 Å². The van der Waals surface area contributed by atoms with E-state index in [0.717, 1.165) is 4.68 Å². The standard InChI is InChI=1S/C19H17Cl2F2N9O3/c1-9-6-12(29(2)26-9)31-13(11-7-19(11,22)23)14(32(33)34)17(28-31)35-5-3-4-30-16-10(15(20)27-30)8-24-18(21)25-16/h6,8,11H,3-5,7H2,1-2H3. The van der Waals surface area contributed by atoms with Gasteiger partial charge in [0.2, 0.25) is 5.28 Å². The van der Waals surface area contributed by atoms with Crippen LogP contribution in [0.1, 0.15) is 30.1 Å². The molecular weight excluding hydrogens is 511 g/mol. The molecule has 0 amide bonds. The summed E-state index contributed by atoms with van der Waals surface area (Å²) in [5.74, 6) is -4.44. The van der Waals surface area contributed by atoms with Crippen LogP contribution in [0.5, 0.6) is 5.88 Å². The van der Waals surface area contributed by atoms with Gasteiger partial charge in [0.05, 0.1) is 28.5 Å². The Balaban J connectivity index is 1.41. The number of fused-ring (bicyclic) bond motifs is 1. The number of rotatable bonds is 8. The Morgan fingerprint density at radius 3 is 2.69 bits per heavy atom. The van der Waals surface area contributed by atoms with Gasteiger partial charge >= 0.3 is 11.6 Å². The van der Waals surface area contributed by atoms with E-state index in [-0.39, 0.29) is 28.6 Å². The highest BCUT2D eigenvalue weighted by Crippen LogP contribution is 2.59. The second kappa shape index (κ2) is 8.37. The molecule has 0 aromatic carbocycles. The lowest BCUT2D eigenvalue weighted by Crippen LogP contribution is -2.10. The first-order valence-electron chi connectivity index (χ1n) is 10.4. The van der Waals surface area contributed by atoms with Crippen LogP contribution in [0.15, 0.2) is 12.3 Å². The number of alkyl halides is 2. The van der Waals surface area contributed by atoms with E-state index in [1.807, 2.05) is 0 Å². The minimum Gasteiger partial charge on any atom is -0.472 e. The largest absolute Gasteiger partial charge is 0.472 e. The van der Waals surface area contributed by atoms with Crippen LogP contribution in [0.25, 0.3) is 16.9 Å². The van der Waals surface area contributed by atoms with Gasteiger partial charge in [-0.25, -0.2) is 23.1 Å². The predicted octanol–water partition coefficient (Wildman–Crippen LogP) is 3.86. The monoisotopic (exact) mass is 527 g/mol. The highest BCUT2D eigenvalue weighted by atomic mass is 35.5. The molecule has 4 aromatic rings. The molecule has 0 aliphatic heterocycles. The van der Waals surface area contributed by atoms with Crippen LogP contribution in [0.2, 0.25) is 10.4 Å². The van der Waals surface area contributed by atoms with Gasteiger partial charge in [-0.05, 0) is 18.5 Å². The molecule has 16 heteroatoms. The molecule has 1 unspecified atom stereocenters. The van der Waals surface area contributed by atoms with Crippen molar-refractivity contribution in [2.75, 3.05) is 6.61 Å². The molecule has 12 nitrogen and oxygen atoms in total. The zero-order valence-electron chi connectivity index (χ0n) is 18.3. The fourth-order valence-corrected chi connectivity index (χ4v) is 4.26. The number of nitro groups is 1. The van der Waals surface area contributed by atoms with Crippen LogP contribution in [-0.2, 0) is 13.6 Å². The maximum Gasteiger partial charge on any atom is 0.354 e. The molecule has 35 heavy (non-hydrogen) atoms. The van der Waals surface area contributed by atoms with Gasteiger partial charge < -0.3 is 4.74 Å². The molecule has 1 atom stereocenters. The number of nitrogens with zero attached hydrogens (tertiary/aromatic N) is 9. The topological polar surface area (TPSA) is 132 Å². The molecule has 4 aromatic heterocycles. The average Bonchev–Trinajstić information content (AvgIpc) is 3.06. The molecule has 0 saturated heterocycles. The number of ether oxygens (including phenoxy) is 1. The first-order chi connectivity index (χ1) is 16.6. The van der Waals surface area contributed by atoms with Gasteiger partial charge in [-0.3, -0.25) is 14.8 Å². The number of hydrogen-bond donors (Lipinski definition) is 0. The summed E-state index contributed by atoms with van der Waals surface area (Å²) in [6.07, 6.45) is 1.28. The van der Waals surface area contributed by atoms with E-state index in [9.17, 15) is 18.9 Å². The normalized spacial score (nSPS) is 16.7. The van der Waals surface area contributed by atoms with Gasteiger partial charge in [-0.1, -0.05) is 11.6 Å². The average molecular weight is 528 g/mol. The van der Waals surface area contributed by atoms with Crippen LogP contribution in [0.4, 0.5) is 14.5 Å². The molecule has 0 spiro atoms. The molecule has 184 valence electrons. The van der Waals surface area contributed by atoms with Gasteiger partial charge in [0.1, 0.15) is 5.69 Å². The Bertz CT molecular complexity index is 1470. The van der Waals surface area contributed by atoms with Crippen molar-refractivity contribution in [1.29, 1.82) is 0 Å². The van der Waals surface area contributed by atoms with Crippen LogP contribution in [0.3, 0.4) is 0 Å². The Hall–Kier alpha value is -3.39. The molecule has 4 heterocycles. The van der Waals surface area contributed by atoms with E-state index in [2.05, 4.69) is 25.3 Å². The lowest BCUT2D eigenvalue weighted by molar-refractivity contribution is -0.386. The molecule has 0 bridgehead atoms. The van der Waals surface area contributed by atoms with Crippen molar-refractivity contribution in [2.45, 2.75) is 38.2 Å². The zero-order chi connectivity index (χ0) is 25.1. The minimum absolute atomic E-state index is 0.0133. The van der Waals surface area contributed by atoms with E-state index < -0.39 is 28.9 Å². The van der Waals surface area contributed by atoms with Gasteiger partial charge in [0, 0.05) is 38.7 Å². The lowest BCUT2D eigenvalue weighted by atomic mass is 10.2. The van der Waals surface area contributed by atoms with Crippen molar-refractivity contribution >= 4 is 39.9 Å². The van der Waals surface area contributed by atoms with Crippen LogP contribution >= 0.6 is 23.2 Å². The van der Waals surface area contributed by atoms with Gasteiger partial charge in [-0.15, -0.1) is 5.10 Å². The second-order valence-electron chi connectivity index (χ2n) is 8.09. The number of aryl methyl sites for hydroxylation is 3. The summed E-state index contributed by atoms with van der Waals surface area (Å²) in [5, 5.41) is 25.2. The highest BCUT2D eigenvalue weighted by molar-refractivity contribution is 6.34. The smallest absolute Gasteiger partial charge is 0.354 e. The molecule has 0 N–H and O–H groups in total. The SMILES string of the molecule is Cc1cc(-n2nc(OCCCn3nc(Cl)c4cnc(Cl)nc43)c([N+](=O)[O-])c2C2CC2(F)F)n(C)n1. The summed E-state index contributed by atoms with van der Waals surface area (Å²) in [6.45, 7) is 1.99. The van der Waals surface area contributed by atoms with Gasteiger partial charge in [0.15, 0.2) is 16.6 Å². The fourth-order valence-electron chi connectivity index (χ4n) is 3.90. The fraction of sp³-hybridized carbons (Fsp3) is 0.421. The third kappa shape index (κ3) is 4.16. The summed E-state index contributed by atoms with van der Waals surface area (Å²) in [7, 11) is 1.60. The molecule has 0 radical (unpaired) electrons. The van der Waals surface area contributed by atoms with Crippen molar-refractivity contribution in [1.82, 2.24) is 39.3 Å². The third-order valence-electron chi connectivity index (χ3n) is 5.56. The van der Waals surface area contributed by atoms with Crippen molar-refractivity contribution in [3.05, 3.63) is 44.2 Å². The van der Waals surface area contributed by atoms with Crippen LogP contribution in [0, 0.1) is 17.0 Å². The molecular formula is C19H17Cl2F2N9O3. The zero-order valence-corrected chi connectivity index (χ0v) is 19.8. The first-order valence-corrected chi connectivity index (χ1v) is 11.2. The Kier molecular flexibility index (Phi) is 5.59. The van der Waals surface area contributed by atoms with Crippen molar-refractivity contribution in [3.8, 4) is 11.7 Å². The maximum atomic E-state index is 14.0. The lowest BCUT2D eigenvalue weighted by Gasteiger charge is -2.05. The summed E-state index contributed by atoms with van der Waals surface area (Å²) in [5.41, 5.74) is 0.230. The second-order valence-corrected chi connectivity index (χ2v) is 8.78. The summed E-state index contributed by atoms with van der Waals surface area (Å²) < 4.78 is 37.7. The molecule has 1 saturated carbocycles. The number of aromatic nitrogens is 8.